The average molecular weight is 387 g/mol. The van der Waals surface area contributed by atoms with E-state index in [9.17, 15) is 0 Å². The molecule has 0 radical (unpaired) electrons. The summed E-state index contributed by atoms with van der Waals surface area (Å²) >= 11 is 5.38. The van der Waals surface area contributed by atoms with Gasteiger partial charge in [0.05, 0.1) is 6.61 Å². The molecule has 0 fully saturated rings. The van der Waals surface area contributed by atoms with Crippen LogP contribution in [0.3, 0.4) is 0 Å². The maximum atomic E-state index is 5.81. The number of rotatable bonds is 8. The SMILES string of the molecule is CCCOc1ccccc1CCCNC(=S)Nc1ccc2c(c1)OCCO2. The molecule has 1 heterocycles. The Bertz CT molecular complexity index is 767. The number of aryl methyl sites for hydroxylation is 1. The van der Waals surface area contributed by atoms with E-state index in [1.807, 2.05) is 30.3 Å². The van der Waals surface area contributed by atoms with E-state index in [-0.39, 0.29) is 0 Å². The molecule has 2 N–H and O–H groups in total. The maximum Gasteiger partial charge on any atom is 0.170 e. The second kappa shape index (κ2) is 10.0. The van der Waals surface area contributed by atoms with Gasteiger partial charge in [-0.25, -0.2) is 0 Å². The van der Waals surface area contributed by atoms with Gasteiger partial charge in [-0.3, -0.25) is 0 Å². The molecule has 1 aliphatic heterocycles. The van der Waals surface area contributed by atoms with Crippen molar-refractivity contribution in [1.29, 1.82) is 0 Å². The summed E-state index contributed by atoms with van der Waals surface area (Å²) in [6.45, 7) is 4.81. The molecule has 2 aromatic rings. The summed E-state index contributed by atoms with van der Waals surface area (Å²) in [5, 5.41) is 7.04. The van der Waals surface area contributed by atoms with Crippen LogP contribution in [0.5, 0.6) is 17.2 Å². The van der Waals surface area contributed by atoms with Crippen LogP contribution in [0, 0.1) is 0 Å². The second-order valence-corrected chi connectivity index (χ2v) is 6.71. The number of hydrogen-bond donors (Lipinski definition) is 2. The van der Waals surface area contributed by atoms with Gasteiger partial charge in [-0.1, -0.05) is 25.1 Å². The number of ether oxygens (including phenoxy) is 3. The molecule has 144 valence electrons. The highest BCUT2D eigenvalue weighted by Crippen LogP contribution is 2.32. The molecule has 0 amide bonds. The molecule has 6 heteroatoms. The first-order chi connectivity index (χ1) is 13.3. The highest BCUT2D eigenvalue weighted by Gasteiger charge is 2.12. The van der Waals surface area contributed by atoms with Crippen molar-refractivity contribution in [1.82, 2.24) is 5.32 Å². The van der Waals surface area contributed by atoms with Crippen LogP contribution in [0.1, 0.15) is 25.3 Å². The zero-order valence-electron chi connectivity index (χ0n) is 15.6. The zero-order chi connectivity index (χ0) is 18.9. The van der Waals surface area contributed by atoms with Gasteiger partial charge in [-0.15, -0.1) is 0 Å². The normalized spacial score (nSPS) is 12.3. The van der Waals surface area contributed by atoms with Crippen LogP contribution in [0.15, 0.2) is 42.5 Å². The Morgan fingerprint density at radius 3 is 2.78 bits per heavy atom. The van der Waals surface area contributed by atoms with Gasteiger partial charge in [0, 0.05) is 18.3 Å². The van der Waals surface area contributed by atoms with Crippen molar-refractivity contribution in [3.05, 3.63) is 48.0 Å². The first-order valence-electron chi connectivity index (χ1n) is 9.41. The topological polar surface area (TPSA) is 51.8 Å². The number of para-hydroxylation sites is 1. The van der Waals surface area contributed by atoms with Crippen LogP contribution < -0.4 is 24.8 Å². The van der Waals surface area contributed by atoms with E-state index in [2.05, 4.69) is 29.7 Å². The fraction of sp³-hybridized carbons (Fsp3) is 0.381. The molecule has 1 aliphatic rings. The molecule has 3 rings (SSSR count). The average Bonchev–Trinajstić information content (AvgIpc) is 2.70. The number of benzene rings is 2. The van der Waals surface area contributed by atoms with E-state index in [1.54, 1.807) is 0 Å². The van der Waals surface area contributed by atoms with Gasteiger partial charge in [0.15, 0.2) is 16.6 Å². The van der Waals surface area contributed by atoms with Gasteiger partial charge >= 0.3 is 0 Å². The van der Waals surface area contributed by atoms with Gasteiger partial charge in [0.2, 0.25) is 0 Å². The summed E-state index contributed by atoms with van der Waals surface area (Å²) in [4.78, 5) is 0. The van der Waals surface area contributed by atoms with E-state index in [4.69, 9.17) is 26.4 Å². The smallest absolute Gasteiger partial charge is 0.170 e. The van der Waals surface area contributed by atoms with Crippen LogP contribution >= 0.6 is 12.2 Å². The van der Waals surface area contributed by atoms with Gasteiger partial charge < -0.3 is 24.8 Å². The Morgan fingerprint density at radius 2 is 1.93 bits per heavy atom. The molecule has 5 nitrogen and oxygen atoms in total. The van der Waals surface area contributed by atoms with Crippen molar-refractivity contribution in [2.24, 2.45) is 0 Å². The monoisotopic (exact) mass is 386 g/mol. The van der Waals surface area contributed by atoms with Crippen LogP contribution in [-0.2, 0) is 6.42 Å². The lowest BCUT2D eigenvalue weighted by atomic mass is 10.1. The lowest BCUT2D eigenvalue weighted by Gasteiger charge is -2.19. The molecule has 0 aliphatic carbocycles. The van der Waals surface area contributed by atoms with E-state index in [0.29, 0.717) is 18.3 Å². The van der Waals surface area contributed by atoms with Crippen LogP contribution in [0.25, 0.3) is 0 Å². The van der Waals surface area contributed by atoms with Crippen molar-refractivity contribution >= 4 is 23.0 Å². The Kier molecular flexibility index (Phi) is 7.16. The minimum absolute atomic E-state index is 0.572. The molecule has 2 aromatic carbocycles. The molecule has 0 unspecified atom stereocenters. The van der Waals surface area contributed by atoms with E-state index >= 15 is 0 Å². The van der Waals surface area contributed by atoms with Crippen LogP contribution in [0.2, 0.25) is 0 Å². The van der Waals surface area contributed by atoms with Crippen molar-refractivity contribution in [3.63, 3.8) is 0 Å². The third-order valence-corrected chi connectivity index (χ3v) is 4.39. The predicted octanol–water partition coefficient (Wildman–Crippen LogP) is 4.17. The number of fused-ring (bicyclic) bond motifs is 1. The maximum absolute atomic E-state index is 5.81. The zero-order valence-corrected chi connectivity index (χ0v) is 16.4. The highest BCUT2D eigenvalue weighted by atomic mass is 32.1. The number of hydrogen-bond acceptors (Lipinski definition) is 4. The number of thiocarbonyl (C=S) groups is 1. The van der Waals surface area contributed by atoms with Crippen molar-refractivity contribution in [2.75, 3.05) is 31.7 Å². The summed E-state index contributed by atoms with van der Waals surface area (Å²) in [7, 11) is 0. The van der Waals surface area contributed by atoms with Gasteiger partial charge in [-0.2, -0.15) is 0 Å². The fourth-order valence-corrected chi connectivity index (χ4v) is 3.06. The summed E-state index contributed by atoms with van der Waals surface area (Å²) in [5.74, 6) is 2.50. The Hall–Kier alpha value is -2.47. The third kappa shape index (κ3) is 5.76. The third-order valence-electron chi connectivity index (χ3n) is 4.14. The minimum Gasteiger partial charge on any atom is -0.493 e. The molecule has 0 saturated heterocycles. The van der Waals surface area contributed by atoms with Gasteiger partial charge in [0.1, 0.15) is 19.0 Å². The summed E-state index contributed by atoms with van der Waals surface area (Å²) in [6.07, 6.45) is 2.92. The quantitative estimate of drug-likeness (QED) is 0.525. The first-order valence-corrected chi connectivity index (χ1v) is 9.82. The Labute approximate surface area is 166 Å². The standard InChI is InChI=1S/C21H26N2O3S/c1-2-12-24-18-8-4-3-6-16(18)7-5-11-22-21(27)23-17-9-10-19-20(15-17)26-14-13-25-19/h3-4,6,8-10,15H,2,5,7,11-14H2,1H3,(H2,22,23,27). The van der Waals surface area contributed by atoms with Crippen LogP contribution in [-0.4, -0.2) is 31.5 Å². The van der Waals surface area contributed by atoms with Crippen molar-refractivity contribution in [3.8, 4) is 17.2 Å². The number of anilines is 1. The second-order valence-electron chi connectivity index (χ2n) is 6.30. The lowest BCUT2D eigenvalue weighted by Crippen LogP contribution is -2.29. The number of nitrogens with one attached hydrogen (secondary N) is 2. The van der Waals surface area contributed by atoms with E-state index in [1.165, 1.54) is 5.56 Å². The highest BCUT2D eigenvalue weighted by molar-refractivity contribution is 7.80. The summed E-state index contributed by atoms with van der Waals surface area (Å²) < 4.78 is 16.9. The van der Waals surface area contributed by atoms with E-state index in [0.717, 1.165) is 55.4 Å². The molecule has 0 atom stereocenters. The molecule has 0 saturated carbocycles. The van der Waals surface area contributed by atoms with Crippen molar-refractivity contribution in [2.45, 2.75) is 26.2 Å². The molecule has 0 bridgehead atoms. The van der Waals surface area contributed by atoms with Gasteiger partial charge in [-0.05, 0) is 55.2 Å². The van der Waals surface area contributed by atoms with Crippen LogP contribution in [0.4, 0.5) is 5.69 Å². The molecule has 27 heavy (non-hydrogen) atoms. The molecular weight excluding hydrogens is 360 g/mol. The summed E-state index contributed by atoms with van der Waals surface area (Å²) in [6, 6.07) is 14.0. The molecular formula is C21H26N2O3S. The predicted molar refractivity (Wildman–Crippen MR) is 112 cm³/mol. The lowest BCUT2D eigenvalue weighted by molar-refractivity contribution is 0.171. The van der Waals surface area contributed by atoms with Crippen molar-refractivity contribution < 1.29 is 14.2 Å². The fourth-order valence-electron chi connectivity index (χ4n) is 2.84. The van der Waals surface area contributed by atoms with E-state index < -0.39 is 0 Å². The Balaban J connectivity index is 1.42. The minimum atomic E-state index is 0.572. The largest absolute Gasteiger partial charge is 0.493 e. The Morgan fingerprint density at radius 1 is 1.11 bits per heavy atom. The first kappa shape index (κ1) is 19.3. The summed E-state index contributed by atoms with van der Waals surface area (Å²) in [5.41, 5.74) is 2.12. The molecule has 0 spiro atoms. The molecule has 0 aromatic heterocycles. The van der Waals surface area contributed by atoms with Gasteiger partial charge in [0.25, 0.3) is 0 Å².